The van der Waals surface area contributed by atoms with Crippen molar-refractivity contribution in [3.8, 4) is 0 Å². The smallest absolute Gasteiger partial charge is 0.131 e. The van der Waals surface area contributed by atoms with Crippen LogP contribution in [0.4, 0.5) is 0 Å². The SMILES string of the molecule is CCC(ON)N1CCN(C)CC1. The van der Waals surface area contributed by atoms with E-state index in [1.807, 2.05) is 0 Å². The zero-order chi connectivity index (χ0) is 8.97. The lowest BCUT2D eigenvalue weighted by Gasteiger charge is -2.36. The Bertz CT molecular complexity index is 119. The van der Waals surface area contributed by atoms with Crippen LogP contribution in [-0.2, 0) is 4.84 Å². The van der Waals surface area contributed by atoms with Crippen LogP contribution in [0.1, 0.15) is 13.3 Å². The maximum atomic E-state index is 5.19. The van der Waals surface area contributed by atoms with E-state index in [1.165, 1.54) is 0 Å². The Morgan fingerprint density at radius 3 is 2.33 bits per heavy atom. The van der Waals surface area contributed by atoms with Crippen LogP contribution < -0.4 is 5.90 Å². The molecule has 0 aliphatic carbocycles. The summed E-state index contributed by atoms with van der Waals surface area (Å²) in [5.74, 6) is 5.19. The summed E-state index contributed by atoms with van der Waals surface area (Å²) in [6, 6.07) is 0. The molecule has 1 rings (SSSR count). The highest BCUT2D eigenvalue weighted by Gasteiger charge is 2.20. The standard InChI is InChI=1S/C8H19N3O/c1-3-8(12-9)11-6-4-10(2)5-7-11/h8H,3-7,9H2,1-2H3. The first kappa shape index (κ1) is 9.92. The van der Waals surface area contributed by atoms with Gasteiger partial charge in [0.05, 0.1) is 0 Å². The van der Waals surface area contributed by atoms with Gasteiger partial charge in [0.1, 0.15) is 6.23 Å². The second-order valence-electron chi connectivity index (χ2n) is 3.34. The van der Waals surface area contributed by atoms with E-state index in [0.717, 1.165) is 32.6 Å². The van der Waals surface area contributed by atoms with E-state index >= 15 is 0 Å². The van der Waals surface area contributed by atoms with Gasteiger partial charge in [0.15, 0.2) is 0 Å². The van der Waals surface area contributed by atoms with Crippen molar-refractivity contribution in [2.24, 2.45) is 5.90 Å². The van der Waals surface area contributed by atoms with Crippen molar-refractivity contribution in [1.82, 2.24) is 9.80 Å². The molecule has 1 unspecified atom stereocenters. The zero-order valence-corrected chi connectivity index (χ0v) is 7.99. The molecule has 0 radical (unpaired) electrons. The van der Waals surface area contributed by atoms with E-state index in [0.29, 0.717) is 0 Å². The van der Waals surface area contributed by atoms with Gasteiger partial charge in [-0.1, -0.05) is 6.92 Å². The largest absolute Gasteiger partial charge is 0.304 e. The van der Waals surface area contributed by atoms with E-state index in [9.17, 15) is 0 Å². The Morgan fingerprint density at radius 1 is 1.33 bits per heavy atom. The molecule has 0 bridgehead atoms. The van der Waals surface area contributed by atoms with Crippen molar-refractivity contribution in [3.05, 3.63) is 0 Å². The van der Waals surface area contributed by atoms with Crippen LogP contribution >= 0.6 is 0 Å². The molecular formula is C8H19N3O. The minimum absolute atomic E-state index is 0.110. The summed E-state index contributed by atoms with van der Waals surface area (Å²) in [6.07, 6.45) is 1.07. The Balaban J connectivity index is 2.32. The first-order valence-electron chi connectivity index (χ1n) is 4.56. The third-order valence-electron chi connectivity index (χ3n) is 2.45. The van der Waals surface area contributed by atoms with E-state index < -0.39 is 0 Å². The van der Waals surface area contributed by atoms with E-state index in [1.54, 1.807) is 0 Å². The minimum atomic E-state index is 0.110. The second kappa shape index (κ2) is 4.77. The molecule has 1 aliphatic heterocycles. The van der Waals surface area contributed by atoms with Crippen LogP contribution in [0.15, 0.2) is 0 Å². The molecule has 4 heteroatoms. The van der Waals surface area contributed by atoms with Gasteiger partial charge < -0.3 is 4.90 Å². The van der Waals surface area contributed by atoms with Gasteiger partial charge in [-0.15, -0.1) is 0 Å². The number of nitrogens with zero attached hydrogens (tertiary/aromatic N) is 2. The molecule has 0 amide bonds. The lowest BCUT2D eigenvalue weighted by atomic mass is 10.3. The monoisotopic (exact) mass is 173 g/mol. The van der Waals surface area contributed by atoms with Gasteiger partial charge in [0.2, 0.25) is 0 Å². The lowest BCUT2D eigenvalue weighted by Crippen LogP contribution is -2.50. The number of hydrogen-bond donors (Lipinski definition) is 1. The highest BCUT2D eigenvalue weighted by molar-refractivity contribution is 4.71. The average Bonchev–Trinajstić information content (AvgIpc) is 2.10. The summed E-state index contributed by atoms with van der Waals surface area (Å²) >= 11 is 0. The number of nitrogens with two attached hydrogens (primary N) is 1. The molecule has 2 N–H and O–H groups in total. The third kappa shape index (κ3) is 2.42. The highest BCUT2D eigenvalue weighted by Crippen LogP contribution is 2.07. The molecule has 4 nitrogen and oxygen atoms in total. The molecule has 1 atom stereocenters. The minimum Gasteiger partial charge on any atom is -0.304 e. The van der Waals surface area contributed by atoms with Gasteiger partial charge in [-0.2, -0.15) is 0 Å². The van der Waals surface area contributed by atoms with Crippen molar-refractivity contribution in [1.29, 1.82) is 0 Å². The van der Waals surface area contributed by atoms with Crippen LogP contribution in [0, 0.1) is 0 Å². The second-order valence-corrected chi connectivity index (χ2v) is 3.34. The van der Waals surface area contributed by atoms with E-state index in [-0.39, 0.29) is 6.23 Å². The van der Waals surface area contributed by atoms with Crippen LogP contribution in [0.5, 0.6) is 0 Å². The normalized spacial score (nSPS) is 24.2. The molecule has 1 saturated heterocycles. The number of piperazine rings is 1. The van der Waals surface area contributed by atoms with Crippen molar-refractivity contribution in [2.45, 2.75) is 19.6 Å². The predicted octanol–water partition coefficient (Wildman–Crippen LogP) is -0.140. The predicted molar refractivity (Wildman–Crippen MR) is 48.4 cm³/mol. The highest BCUT2D eigenvalue weighted by atomic mass is 16.6. The number of likely N-dealkylation sites (N-methyl/N-ethyl adjacent to an activating group) is 1. The molecule has 0 saturated carbocycles. The van der Waals surface area contributed by atoms with Gasteiger partial charge in [0.25, 0.3) is 0 Å². The summed E-state index contributed by atoms with van der Waals surface area (Å²) in [6.45, 7) is 6.44. The summed E-state index contributed by atoms with van der Waals surface area (Å²) < 4.78 is 0. The summed E-state index contributed by atoms with van der Waals surface area (Å²) in [5, 5.41) is 0. The molecule has 1 heterocycles. The maximum absolute atomic E-state index is 5.19. The fourth-order valence-corrected chi connectivity index (χ4v) is 1.55. The van der Waals surface area contributed by atoms with Gasteiger partial charge in [-0.25, -0.2) is 5.90 Å². The topological polar surface area (TPSA) is 41.7 Å². The number of hydrogen-bond acceptors (Lipinski definition) is 4. The van der Waals surface area contributed by atoms with Crippen molar-refractivity contribution in [3.63, 3.8) is 0 Å². The van der Waals surface area contributed by atoms with Crippen molar-refractivity contribution < 1.29 is 4.84 Å². The number of rotatable bonds is 3. The van der Waals surface area contributed by atoms with Crippen LogP contribution in [0.25, 0.3) is 0 Å². The summed E-state index contributed by atoms with van der Waals surface area (Å²) in [7, 11) is 2.14. The van der Waals surface area contributed by atoms with Crippen LogP contribution in [-0.4, -0.2) is 49.3 Å². The van der Waals surface area contributed by atoms with Crippen molar-refractivity contribution in [2.75, 3.05) is 33.2 Å². The molecule has 0 spiro atoms. The van der Waals surface area contributed by atoms with E-state index in [4.69, 9.17) is 10.7 Å². The molecular weight excluding hydrogens is 154 g/mol. The summed E-state index contributed by atoms with van der Waals surface area (Å²) in [5.41, 5.74) is 0. The zero-order valence-electron chi connectivity index (χ0n) is 7.99. The summed E-state index contributed by atoms with van der Waals surface area (Å²) in [4.78, 5) is 9.49. The lowest BCUT2D eigenvalue weighted by molar-refractivity contribution is -0.0777. The quantitative estimate of drug-likeness (QED) is 0.603. The molecule has 72 valence electrons. The molecule has 0 aromatic carbocycles. The Morgan fingerprint density at radius 2 is 1.92 bits per heavy atom. The molecule has 0 aromatic rings. The molecule has 0 aromatic heterocycles. The molecule has 1 aliphatic rings. The average molecular weight is 173 g/mol. The fraction of sp³-hybridized carbons (Fsp3) is 1.00. The molecule has 1 fully saturated rings. The van der Waals surface area contributed by atoms with Crippen LogP contribution in [0.3, 0.4) is 0 Å². The van der Waals surface area contributed by atoms with Gasteiger partial charge in [-0.3, -0.25) is 9.74 Å². The van der Waals surface area contributed by atoms with E-state index in [2.05, 4.69) is 23.8 Å². The fourth-order valence-electron chi connectivity index (χ4n) is 1.55. The van der Waals surface area contributed by atoms with Crippen LogP contribution in [0.2, 0.25) is 0 Å². The first-order valence-corrected chi connectivity index (χ1v) is 4.56. The van der Waals surface area contributed by atoms with Gasteiger partial charge >= 0.3 is 0 Å². The van der Waals surface area contributed by atoms with Gasteiger partial charge in [0, 0.05) is 26.2 Å². The maximum Gasteiger partial charge on any atom is 0.131 e. The third-order valence-corrected chi connectivity index (χ3v) is 2.45. The molecule has 12 heavy (non-hydrogen) atoms. The Hall–Kier alpha value is -0.160. The first-order chi connectivity index (χ1) is 5.77. The Kier molecular flexibility index (Phi) is 3.94. The van der Waals surface area contributed by atoms with Crippen molar-refractivity contribution >= 4 is 0 Å². The van der Waals surface area contributed by atoms with Gasteiger partial charge in [-0.05, 0) is 13.5 Å². The Labute approximate surface area is 74.2 Å².